The molecule has 210 valence electrons. The first-order valence-corrected chi connectivity index (χ1v) is 13.5. The third-order valence-electron chi connectivity index (χ3n) is 7.97. The number of hydrogen-bond donors (Lipinski definition) is 2. The Kier molecular flexibility index (Phi) is 6.43. The Labute approximate surface area is 230 Å². The number of nitrogens with one attached hydrogen (secondary N) is 1. The second-order valence-electron chi connectivity index (χ2n) is 11.0. The molecular weight excluding hydrogens is 516 g/mol. The molecule has 2 aliphatic heterocycles. The molecule has 3 amide bonds. The zero-order valence-electron chi connectivity index (χ0n) is 22.5. The molecule has 40 heavy (non-hydrogen) atoms. The molecule has 13 nitrogen and oxygen atoms in total. The van der Waals surface area contributed by atoms with Crippen molar-refractivity contribution < 1.29 is 24.2 Å². The highest BCUT2D eigenvalue weighted by Crippen LogP contribution is 2.36. The quantitative estimate of drug-likeness (QED) is 0.485. The minimum atomic E-state index is -1.01. The van der Waals surface area contributed by atoms with E-state index < -0.39 is 17.8 Å². The second kappa shape index (κ2) is 9.96. The molecule has 0 bridgehead atoms. The van der Waals surface area contributed by atoms with Crippen LogP contribution in [0.1, 0.15) is 55.1 Å². The summed E-state index contributed by atoms with van der Waals surface area (Å²) in [6, 6.07) is 5.55. The van der Waals surface area contributed by atoms with Crippen LogP contribution in [0.3, 0.4) is 0 Å². The molecule has 13 heteroatoms. The van der Waals surface area contributed by atoms with Gasteiger partial charge in [0, 0.05) is 38.3 Å². The number of anilines is 3. The first-order chi connectivity index (χ1) is 19.2. The lowest BCUT2D eigenvalue weighted by Crippen LogP contribution is -2.52. The van der Waals surface area contributed by atoms with Gasteiger partial charge in [-0.05, 0) is 43.9 Å². The predicted molar refractivity (Wildman–Crippen MR) is 146 cm³/mol. The molecule has 1 saturated carbocycles. The minimum absolute atomic E-state index is 0.0669. The normalized spacial score (nSPS) is 21.3. The van der Waals surface area contributed by atoms with Gasteiger partial charge in [-0.3, -0.25) is 9.69 Å². The zero-order valence-corrected chi connectivity index (χ0v) is 22.5. The number of fused-ring (bicyclic) bond motifs is 1. The monoisotopic (exact) mass is 548 g/mol. The van der Waals surface area contributed by atoms with E-state index in [1.54, 1.807) is 43.5 Å². The van der Waals surface area contributed by atoms with E-state index in [1.807, 2.05) is 6.07 Å². The highest BCUT2D eigenvalue weighted by molar-refractivity contribution is 5.98. The number of carbonyl (C=O) groups excluding carboxylic acids is 2. The molecule has 5 heterocycles. The maximum absolute atomic E-state index is 12.9. The van der Waals surface area contributed by atoms with Gasteiger partial charge in [-0.1, -0.05) is 12.8 Å². The van der Waals surface area contributed by atoms with Crippen molar-refractivity contribution in [3.63, 3.8) is 0 Å². The lowest BCUT2D eigenvalue weighted by molar-refractivity contribution is -0.00403. The van der Waals surface area contributed by atoms with Gasteiger partial charge < -0.3 is 29.5 Å². The van der Waals surface area contributed by atoms with E-state index >= 15 is 0 Å². The maximum Gasteiger partial charge on any atom is 0.415 e. The van der Waals surface area contributed by atoms with E-state index in [0.717, 1.165) is 31.1 Å². The molecule has 2 N–H and O–H groups in total. The van der Waals surface area contributed by atoms with Gasteiger partial charge in [-0.25, -0.2) is 19.6 Å². The van der Waals surface area contributed by atoms with Crippen LogP contribution in [0, 0.1) is 0 Å². The molecule has 0 aromatic carbocycles. The Morgan fingerprint density at radius 3 is 2.62 bits per heavy atom. The summed E-state index contributed by atoms with van der Waals surface area (Å²) in [5.41, 5.74) is 1.02. The Morgan fingerprint density at radius 2 is 1.93 bits per heavy atom. The van der Waals surface area contributed by atoms with Gasteiger partial charge in [0.15, 0.2) is 0 Å². The molecule has 1 atom stereocenters. The number of carbonyl (C=O) groups is 3. The minimum Gasteiger partial charge on any atom is -0.465 e. The molecule has 3 aromatic rings. The van der Waals surface area contributed by atoms with Gasteiger partial charge in [0.25, 0.3) is 5.91 Å². The summed E-state index contributed by atoms with van der Waals surface area (Å²) in [4.78, 5) is 55.1. The van der Waals surface area contributed by atoms with Crippen molar-refractivity contribution in [2.24, 2.45) is 0 Å². The number of ether oxygens (including phenoxy) is 1. The fraction of sp³-hybridized carbons (Fsp3) is 0.481. The topological polar surface area (TPSA) is 146 Å². The Hall–Kier alpha value is -4.42. The summed E-state index contributed by atoms with van der Waals surface area (Å²) in [6.45, 7) is 0.848. The number of likely N-dealkylation sites (tertiary alicyclic amines) is 1. The van der Waals surface area contributed by atoms with Crippen LogP contribution >= 0.6 is 0 Å². The van der Waals surface area contributed by atoms with Gasteiger partial charge in [0.2, 0.25) is 5.95 Å². The molecule has 0 radical (unpaired) electrons. The fourth-order valence-electron chi connectivity index (χ4n) is 6.02. The standard InChI is InChI=1S/C27H32N8O5/c1-32(2)23(36)20-12-17-13-29-24(31-22(17)35(20)18-6-3-4-7-18)30-21-9-8-19(14-28-21)34-16-27(40-26(34)39)10-5-11-33(15-27)25(37)38/h8-9,12-14,18H,3-7,10-11,15-16H2,1-2H3,(H,37,38)(H,28,29,30,31). The van der Waals surface area contributed by atoms with Crippen molar-refractivity contribution >= 4 is 46.6 Å². The molecular formula is C27H32N8O5. The number of aromatic nitrogens is 4. The molecule has 1 unspecified atom stereocenters. The Balaban J connectivity index is 1.21. The highest BCUT2D eigenvalue weighted by atomic mass is 16.6. The largest absolute Gasteiger partial charge is 0.465 e. The van der Waals surface area contributed by atoms with Gasteiger partial charge in [-0.15, -0.1) is 0 Å². The van der Waals surface area contributed by atoms with Crippen LogP contribution in [0.2, 0.25) is 0 Å². The van der Waals surface area contributed by atoms with E-state index in [1.165, 1.54) is 9.80 Å². The van der Waals surface area contributed by atoms with Gasteiger partial charge in [0.05, 0.1) is 25.0 Å². The molecule has 2 saturated heterocycles. The number of rotatable bonds is 5. The molecule has 1 spiro atoms. The summed E-state index contributed by atoms with van der Waals surface area (Å²) in [6.07, 6.45) is 7.23. The van der Waals surface area contributed by atoms with Crippen molar-refractivity contribution in [2.45, 2.75) is 50.2 Å². The van der Waals surface area contributed by atoms with E-state index in [2.05, 4.69) is 19.9 Å². The zero-order chi connectivity index (χ0) is 28.0. The SMILES string of the molecule is CN(C)C(=O)c1cc2cnc(Nc3ccc(N4CC5(CCCN(C(=O)O)C5)OC4=O)cn3)nc2n1C1CCCC1. The van der Waals surface area contributed by atoms with Crippen LogP contribution in [0.15, 0.2) is 30.6 Å². The Morgan fingerprint density at radius 1 is 1.12 bits per heavy atom. The van der Waals surface area contributed by atoms with E-state index in [4.69, 9.17) is 9.72 Å². The third kappa shape index (κ3) is 4.65. The van der Waals surface area contributed by atoms with E-state index in [-0.39, 0.29) is 25.0 Å². The van der Waals surface area contributed by atoms with E-state index in [9.17, 15) is 19.5 Å². The summed E-state index contributed by atoms with van der Waals surface area (Å²) in [7, 11) is 3.49. The van der Waals surface area contributed by atoms with Crippen LogP contribution in [0.5, 0.6) is 0 Å². The van der Waals surface area contributed by atoms with Gasteiger partial charge >= 0.3 is 12.2 Å². The summed E-state index contributed by atoms with van der Waals surface area (Å²) in [5.74, 6) is 0.774. The first-order valence-electron chi connectivity index (χ1n) is 13.5. The van der Waals surface area contributed by atoms with Crippen LogP contribution in [0.25, 0.3) is 11.0 Å². The van der Waals surface area contributed by atoms with Crippen molar-refractivity contribution in [1.82, 2.24) is 29.3 Å². The molecule has 1 aliphatic carbocycles. The van der Waals surface area contributed by atoms with Crippen molar-refractivity contribution in [3.8, 4) is 0 Å². The van der Waals surface area contributed by atoms with E-state index in [0.29, 0.717) is 48.2 Å². The van der Waals surface area contributed by atoms with Gasteiger partial charge in [-0.2, -0.15) is 4.98 Å². The number of hydrogen-bond acceptors (Lipinski definition) is 8. The van der Waals surface area contributed by atoms with Crippen LogP contribution < -0.4 is 10.2 Å². The van der Waals surface area contributed by atoms with Crippen molar-refractivity contribution in [2.75, 3.05) is 43.9 Å². The maximum atomic E-state index is 12.9. The molecule has 6 rings (SSSR count). The van der Waals surface area contributed by atoms with Gasteiger partial charge in [0.1, 0.15) is 22.8 Å². The first kappa shape index (κ1) is 25.8. The highest BCUT2D eigenvalue weighted by Gasteiger charge is 2.49. The smallest absolute Gasteiger partial charge is 0.415 e. The summed E-state index contributed by atoms with van der Waals surface area (Å²) in [5, 5.41) is 13.3. The third-order valence-corrected chi connectivity index (χ3v) is 7.97. The number of pyridine rings is 1. The number of nitrogens with zero attached hydrogens (tertiary/aromatic N) is 7. The van der Waals surface area contributed by atoms with Crippen LogP contribution in [-0.4, -0.2) is 91.8 Å². The molecule has 3 fully saturated rings. The number of carboxylic acid groups (broad SMARTS) is 1. The average molecular weight is 549 g/mol. The summed E-state index contributed by atoms with van der Waals surface area (Å²) >= 11 is 0. The lowest BCUT2D eigenvalue weighted by atomic mass is 9.93. The number of amides is 3. The van der Waals surface area contributed by atoms with Crippen molar-refractivity contribution in [3.05, 3.63) is 36.3 Å². The van der Waals surface area contributed by atoms with Crippen LogP contribution in [0.4, 0.5) is 27.0 Å². The Bertz CT molecular complexity index is 1470. The lowest BCUT2D eigenvalue weighted by Gasteiger charge is -2.36. The number of piperidine rings is 1. The fourth-order valence-corrected chi connectivity index (χ4v) is 6.02. The molecule has 3 aliphatic rings. The van der Waals surface area contributed by atoms with Crippen molar-refractivity contribution in [1.29, 1.82) is 0 Å². The van der Waals surface area contributed by atoms with Crippen LogP contribution in [-0.2, 0) is 4.74 Å². The molecule has 3 aromatic heterocycles. The summed E-state index contributed by atoms with van der Waals surface area (Å²) < 4.78 is 7.74. The predicted octanol–water partition coefficient (Wildman–Crippen LogP) is 3.86. The average Bonchev–Trinajstić information content (AvgIpc) is 3.66. The second-order valence-corrected chi connectivity index (χ2v) is 11.0.